The first-order valence-electron chi connectivity index (χ1n) is 9.24. The predicted molar refractivity (Wildman–Crippen MR) is 111 cm³/mol. The number of non-ortho nitro benzene ring substituents is 1. The van der Waals surface area contributed by atoms with Crippen molar-refractivity contribution in [2.75, 3.05) is 0 Å². The molecule has 30 heavy (non-hydrogen) atoms. The van der Waals surface area contributed by atoms with Gasteiger partial charge in [-0.25, -0.2) is 4.79 Å². The maximum absolute atomic E-state index is 12.8. The smallest absolute Gasteiger partial charge is 0.363 e. The minimum atomic E-state index is -0.912. The van der Waals surface area contributed by atoms with Crippen molar-refractivity contribution < 1.29 is 24.4 Å². The zero-order valence-electron chi connectivity index (χ0n) is 16.3. The van der Waals surface area contributed by atoms with Gasteiger partial charge in [0, 0.05) is 17.0 Å². The molecule has 1 N–H and O–H groups in total. The third-order valence-corrected chi connectivity index (χ3v) is 5.95. The third-order valence-electron chi connectivity index (χ3n) is 4.63. The molecule has 1 fully saturated rings. The van der Waals surface area contributed by atoms with Crippen molar-refractivity contribution in [3.8, 4) is 5.75 Å². The molecular weight excluding hydrogens is 408 g/mol. The fraction of sp³-hybridized carbons (Fsp3) is 0.238. The Morgan fingerprint density at radius 2 is 1.83 bits per heavy atom. The van der Waals surface area contributed by atoms with Crippen LogP contribution in [0.2, 0.25) is 0 Å². The largest absolute Gasteiger partial charge is 0.510 e. The summed E-state index contributed by atoms with van der Waals surface area (Å²) in [5, 5.41) is 20.6. The minimum Gasteiger partial charge on any atom is -0.510 e. The van der Waals surface area contributed by atoms with Crippen LogP contribution in [-0.4, -0.2) is 32.2 Å². The summed E-state index contributed by atoms with van der Waals surface area (Å²) in [7, 11) is 0. The molecule has 9 heteroatoms. The van der Waals surface area contributed by atoms with E-state index in [9.17, 15) is 24.8 Å². The maximum Gasteiger partial charge on any atom is 0.363 e. The van der Waals surface area contributed by atoms with Crippen LogP contribution in [0.25, 0.3) is 0 Å². The topological polar surface area (TPSA) is 110 Å². The molecule has 0 saturated carbocycles. The van der Waals surface area contributed by atoms with Gasteiger partial charge in [-0.05, 0) is 37.6 Å². The molecule has 1 heterocycles. The molecule has 0 bridgehead atoms. The molecule has 0 aliphatic carbocycles. The molecule has 2 aromatic carbocycles. The number of esters is 1. The first-order valence-corrected chi connectivity index (χ1v) is 10.1. The second-order valence-electron chi connectivity index (χ2n) is 6.62. The van der Waals surface area contributed by atoms with Crippen LogP contribution in [0.15, 0.2) is 70.9 Å². The number of carbonyl (C=O) groups excluding carboxylic acids is 2. The van der Waals surface area contributed by atoms with E-state index in [1.807, 2.05) is 37.3 Å². The van der Waals surface area contributed by atoms with Crippen molar-refractivity contribution in [3.05, 3.63) is 76.2 Å². The fourth-order valence-electron chi connectivity index (χ4n) is 3.12. The molecule has 0 unspecified atom stereocenters. The van der Waals surface area contributed by atoms with E-state index in [0.717, 1.165) is 4.90 Å². The van der Waals surface area contributed by atoms with Crippen molar-refractivity contribution in [2.45, 2.75) is 30.5 Å². The monoisotopic (exact) mass is 428 g/mol. The van der Waals surface area contributed by atoms with Crippen LogP contribution in [0.4, 0.5) is 5.69 Å². The highest BCUT2D eigenvalue weighted by atomic mass is 32.2. The Labute approximate surface area is 177 Å². The molecule has 156 valence electrons. The fourth-order valence-corrected chi connectivity index (χ4v) is 4.50. The summed E-state index contributed by atoms with van der Waals surface area (Å²) in [5.74, 6) is -1.75. The SMILES string of the molecule is CC[C@H]1C(=O)N(/C(C(=O)Oc2ccc([N+](=O)[O-])cc2)=C(/C)O)[C@@H]1Sc1ccccc1. The molecule has 0 spiro atoms. The van der Waals surface area contributed by atoms with Gasteiger partial charge in [0.05, 0.1) is 16.2 Å². The van der Waals surface area contributed by atoms with Gasteiger partial charge in [0.15, 0.2) is 5.70 Å². The normalized spacial score (nSPS) is 19.0. The highest BCUT2D eigenvalue weighted by Gasteiger charge is 2.51. The number of nitro groups is 1. The van der Waals surface area contributed by atoms with Gasteiger partial charge in [0.25, 0.3) is 5.69 Å². The quantitative estimate of drug-likeness (QED) is 0.133. The number of hydrogen-bond donors (Lipinski definition) is 1. The first kappa shape index (κ1) is 21.4. The standard InChI is InChI=1S/C21H20N2O6S/c1-3-17-19(25)22(20(17)30-16-7-5-4-6-8-16)18(13(2)24)21(26)29-15-11-9-14(10-12-15)23(27)28/h4-12,17,20,24H,3H2,1-2H3/b18-13-/t17-,20+/m0/s1. The van der Waals surface area contributed by atoms with Gasteiger partial charge >= 0.3 is 5.97 Å². The number of hydrogen-bond acceptors (Lipinski definition) is 7. The number of amides is 1. The van der Waals surface area contributed by atoms with Crippen LogP contribution in [0.5, 0.6) is 5.75 Å². The number of thioether (sulfide) groups is 1. The number of aliphatic hydroxyl groups excluding tert-OH is 1. The second kappa shape index (κ2) is 9.00. The van der Waals surface area contributed by atoms with Crippen molar-refractivity contribution in [2.24, 2.45) is 5.92 Å². The van der Waals surface area contributed by atoms with Gasteiger partial charge in [-0.15, -0.1) is 0 Å². The van der Waals surface area contributed by atoms with Crippen molar-refractivity contribution in [3.63, 3.8) is 0 Å². The van der Waals surface area contributed by atoms with E-state index in [-0.39, 0.29) is 40.1 Å². The van der Waals surface area contributed by atoms with Crippen LogP contribution in [-0.2, 0) is 9.59 Å². The van der Waals surface area contributed by atoms with Gasteiger partial charge in [-0.3, -0.25) is 19.8 Å². The number of rotatable bonds is 7. The summed E-state index contributed by atoms with van der Waals surface area (Å²) in [5.41, 5.74) is -0.386. The van der Waals surface area contributed by atoms with Crippen molar-refractivity contribution in [1.29, 1.82) is 0 Å². The Bertz CT molecular complexity index is 986. The van der Waals surface area contributed by atoms with E-state index in [1.54, 1.807) is 0 Å². The number of carbonyl (C=O) groups is 2. The zero-order chi connectivity index (χ0) is 21.8. The number of likely N-dealkylation sites (tertiary alicyclic amines) is 1. The van der Waals surface area contributed by atoms with Crippen molar-refractivity contribution in [1.82, 2.24) is 4.90 Å². The van der Waals surface area contributed by atoms with Gasteiger partial charge in [-0.2, -0.15) is 0 Å². The van der Waals surface area contributed by atoms with Crippen LogP contribution < -0.4 is 4.74 Å². The zero-order valence-corrected chi connectivity index (χ0v) is 17.2. The Kier molecular flexibility index (Phi) is 6.41. The van der Waals surface area contributed by atoms with E-state index in [1.165, 1.54) is 47.9 Å². The molecule has 1 aliphatic heterocycles. The minimum absolute atomic E-state index is 0.0663. The average molecular weight is 428 g/mol. The molecule has 1 aliphatic rings. The molecule has 8 nitrogen and oxygen atoms in total. The molecule has 2 aromatic rings. The van der Waals surface area contributed by atoms with Gasteiger partial charge in [-0.1, -0.05) is 36.9 Å². The number of β-lactam (4-membered cyclic amide) rings is 1. The highest BCUT2D eigenvalue weighted by Crippen LogP contribution is 2.43. The van der Waals surface area contributed by atoms with Crippen LogP contribution in [0.3, 0.4) is 0 Å². The third kappa shape index (κ3) is 4.30. The lowest BCUT2D eigenvalue weighted by Gasteiger charge is -2.46. The van der Waals surface area contributed by atoms with E-state index in [2.05, 4.69) is 0 Å². The molecule has 1 saturated heterocycles. The summed E-state index contributed by atoms with van der Waals surface area (Å²) in [6.45, 7) is 3.20. The lowest BCUT2D eigenvalue weighted by atomic mass is 9.94. The summed E-state index contributed by atoms with van der Waals surface area (Å²) in [6, 6.07) is 14.4. The van der Waals surface area contributed by atoms with Crippen LogP contribution in [0.1, 0.15) is 20.3 Å². The second-order valence-corrected chi connectivity index (χ2v) is 7.81. The summed E-state index contributed by atoms with van der Waals surface area (Å²) < 4.78 is 5.26. The highest BCUT2D eigenvalue weighted by molar-refractivity contribution is 8.00. The molecule has 3 rings (SSSR count). The average Bonchev–Trinajstić information content (AvgIpc) is 2.72. The van der Waals surface area contributed by atoms with E-state index >= 15 is 0 Å². The molecule has 1 amide bonds. The predicted octanol–water partition coefficient (Wildman–Crippen LogP) is 4.28. The van der Waals surface area contributed by atoms with Crippen LogP contribution >= 0.6 is 11.8 Å². The summed E-state index contributed by atoms with van der Waals surface area (Å²) in [6.07, 6.45) is 0.592. The van der Waals surface area contributed by atoms with Gasteiger partial charge < -0.3 is 9.84 Å². The maximum atomic E-state index is 12.8. The molecule has 0 radical (unpaired) electrons. The van der Waals surface area contributed by atoms with Crippen molar-refractivity contribution >= 4 is 29.3 Å². The summed E-state index contributed by atoms with van der Waals surface area (Å²) >= 11 is 1.43. The molecule has 0 aromatic heterocycles. The van der Waals surface area contributed by atoms with Gasteiger partial charge in [0.1, 0.15) is 11.5 Å². The summed E-state index contributed by atoms with van der Waals surface area (Å²) in [4.78, 5) is 37.9. The number of benzene rings is 2. The number of allylic oxidation sites excluding steroid dienone is 1. The number of nitrogens with zero attached hydrogens (tertiary/aromatic N) is 2. The van der Waals surface area contributed by atoms with E-state index in [0.29, 0.717) is 6.42 Å². The lowest BCUT2D eigenvalue weighted by molar-refractivity contribution is -0.384. The molecule has 2 atom stereocenters. The first-order chi connectivity index (χ1) is 14.3. The van der Waals surface area contributed by atoms with E-state index in [4.69, 9.17) is 4.74 Å². The van der Waals surface area contributed by atoms with E-state index < -0.39 is 10.9 Å². The Morgan fingerprint density at radius 1 is 1.20 bits per heavy atom. The number of nitro benzene ring substituents is 1. The van der Waals surface area contributed by atoms with Gasteiger partial charge in [0.2, 0.25) is 5.91 Å². The number of ether oxygens (including phenoxy) is 1. The number of aliphatic hydroxyl groups is 1. The Balaban J connectivity index is 1.83. The van der Waals surface area contributed by atoms with Crippen LogP contribution in [0, 0.1) is 16.0 Å². The lowest BCUT2D eigenvalue weighted by Crippen LogP contribution is -2.59. The Morgan fingerprint density at radius 3 is 2.37 bits per heavy atom. The Hall–Kier alpha value is -3.33. The molecular formula is C21H20N2O6S.